The lowest BCUT2D eigenvalue weighted by Gasteiger charge is -2.16. The number of hydrogen-bond donors (Lipinski definition) is 1. The predicted octanol–water partition coefficient (Wildman–Crippen LogP) is 1.60. The van der Waals surface area contributed by atoms with Crippen LogP contribution in [0.15, 0.2) is 24.3 Å². The molecule has 0 radical (unpaired) electrons. The summed E-state index contributed by atoms with van der Waals surface area (Å²) in [6.07, 6.45) is -0.0932. The molecule has 0 aromatic heterocycles. The van der Waals surface area contributed by atoms with Crippen molar-refractivity contribution in [3.8, 4) is 11.5 Å². The molecule has 19 heavy (non-hydrogen) atoms. The van der Waals surface area contributed by atoms with Crippen molar-refractivity contribution in [2.75, 3.05) is 20.2 Å². The van der Waals surface area contributed by atoms with E-state index < -0.39 is 18.0 Å². The van der Waals surface area contributed by atoms with Gasteiger partial charge >= 0.3 is 12.1 Å². The van der Waals surface area contributed by atoms with E-state index in [4.69, 9.17) is 14.6 Å². The number of carbonyl (C=O) groups is 2. The Bertz CT molecular complexity index is 488. The van der Waals surface area contributed by atoms with Gasteiger partial charge in [0, 0.05) is 13.1 Å². The van der Waals surface area contributed by atoms with Crippen molar-refractivity contribution < 1.29 is 24.2 Å². The molecule has 0 aliphatic carbocycles. The third-order valence-electron chi connectivity index (χ3n) is 3.06. The van der Waals surface area contributed by atoms with E-state index >= 15 is 0 Å². The second kappa shape index (κ2) is 5.60. The van der Waals surface area contributed by atoms with E-state index in [1.54, 1.807) is 24.3 Å². The summed E-state index contributed by atoms with van der Waals surface area (Å²) in [5.41, 5.74) is 0. The average Bonchev–Trinajstić information content (AvgIpc) is 2.89. The number of ether oxygens (including phenoxy) is 2. The van der Waals surface area contributed by atoms with E-state index in [1.165, 1.54) is 12.0 Å². The Hall–Kier alpha value is -2.24. The standard InChI is InChI=1S/C13H15NO5/c1-18-10-4-2-3-5-11(10)19-13(17)14-7-6-9(8-14)12(15)16/h2-5,9H,6-8H2,1H3,(H,15,16). The first-order chi connectivity index (χ1) is 9.11. The molecule has 1 fully saturated rings. The number of amides is 1. The molecular formula is C13H15NO5. The maximum Gasteiger partial charge on any atom is 0.415 e. The van der Waals surface area contributed by atoms with Crippen LogP contribution in [0.1, 0.15) is 6.42 Å². The molecule has 1 aliphatic heterocycles. The van der Waals surface area contributed by atoms with Gasteiger partial charge in [0.1, 0.15) is 0 Å². The van der Waals surface area contributed by atoms with E-state index in [9.17, 15) is 9.59 Å². The zero-order chi connectivity index (χ0) is 13.8. The highest BCUT2D eigenvalue weighted by molar-refractivity contribution is 5.75. The summed E-state index contributed by atoms with van der Waals surface area (Å²) in [6, 6.07) is 6.82. The molecule has 0 spiro atoms. The molecule has 2 rings (SSSR count). The number of benzene rings is 1. The summed E-state index contributed by atoms with van der Waals surface area (Å²) in [7, 11) is 1.49. The molecule has 1 amide bonds. The predicted molar refractivity (Wildman–Crippen MR) is 66.3 cm³/mol. The molecule has 1 N–H and O–H groups in total. The average molecular weight is 265 g/mol. The SMILES string of the molecule is COc1ccccc1OC(=O)N1CCC(C(=O)O)C1. The number of methoxy groups -OCH3 is 1. The monoisotopic (exact) mass is 265 g/mol. The van der Waals surface area contributed by atoms with Gasteiger partial charge < -0.3 is 19.5 Å². The van der Waals surface area contributed by atoms with Gasteiger partial charge in [-0.25, -0.2) is 4.79 Å². The second-order valence-electron chi connectivity index (χ2n) is 4.29. The Morgan fingerprint density at radius 3 is 2.58 bits per heavy atom. The van der Waals surface area contributed by atoms with Crippen LogP contribution in [-0.4, -0.2) is 42.3 Å². The first kappa shape index (κ1) is 13.2. The molecule has 102 valence electrons. The van der Waals surface area contributed by atoms with E-state index in [0.29, 0.717) is 24.5 Å². The van der Waals surface area contributed by atoms with Gasteiger partial charge in [-0.3, -0.25) is 4.79 Å². The van der Waals surface area contributed by atoms with Gasteiger partial charge in [0.2, 0.25) is 0 Å². The molecule has 6 heteroatoms. The molecule has 1 aromatic carbocycles. The zero-order valence-corrected chi connectivity index (χ0v) is 10.5. The van der Waals surface area contributed by atoms with Crippen LogP contribution in [0.3, 0.4) is 0 Å². The summed E-state index contributed by atoms with van der Waals surface area (Å²) < 4.78 is 10.3. The summed E-state index contributed by atoms with van der Waals surface area (Å²) in [4.78, 5) is 24.1. The van der Waals surface area contributed by atoms with E-state index in [0.717, 1.165) is 0 Å². The van der Waals surface area contributed by atoms with Crippen molar-refractivity contribution in [1.29, 1.82) is 0 Å². The third kappa shape index (κ3) is 2.96. The van der Waals surface area contributed by atoms with Crippen molar-refractivity contribution >= 4 is 12.1 Å². The van der Waals surface area contributed by atoms with Crippen molar-refractivity contribution in [2.24, 2.45) is 5.92 Å². The Morgan fingerprint density at radius 1 is 1.32 bits per heavy atom. The highest BCUT2D eigenvalue weighted by Crippen LogP contribution is 2.27. The van der Waals surface area contributed by atoms with Crippen LogP contribution in [0.25, 0.3) is 0 Å². The van der Waals surface area contributed by atoms with Gasteiger partial charge in [0.05, 0.1) is 13.0 Å². The van der Waals surface area contributed by atoms with E-state index in [-0.39, 0.29) is 6.54 Å². The third-order valence-corrected chi connectivity index (χ3v) is 3.06. The summed E-state index contributed by atoms with van der Waals surface area (Å²) in [6.45, 7) is 0.578. The summed E-state index contributed by atoms with van der Waals surface area (Å²) in [5.74, 6) is -0.601. The summed E-state index contributed by atoms with van der Waals surface area (Å²) >= 11 is 0. The smallest absolute Gasteiger partial charge is 0.415 e. The second-order valence-corrected chi connectivity index (χ2v) is 4.29. The Labute approximate surface area is 110 Å². The van der Waals surface area contributed by atoms with Gasteiger partial charge in [0.15, 0.2) is 11.5 Å². The number of hydrogen-bond acceptors (Lipinski definition) is 4. The first-order valence-corrected chi connectivity index (χ1v) is 5.94. The highest BCUT2D eigenvalue weighted by atomic mass is 16.6. The van der Waals surface area contributed by atoms with Crippen molar-refractivity contribution in [3.63, 3.8) is 0 Å². The quantitative estimate of drug-likeness (QED) is 0.898. The lowest BCUT2D eigenvalue weighted by Crippen LogP contribution is -2.32. The van der Waals surface area contributed by atoms with Crippen LogP contribution in [-0.2, 0) is 4.79 Å². The number of carboxylic acids is 1. The van der Waals surface area contributed by atoms with Crippen molar-refractivity contribution in [3.05, 3.63) is 24.3 Å². The fourth-order valence-electron chi connectivity index (χ4n) is 1.99. The molecule has 6 nitrogen and oxygen atoms in total. The van der Waals surface area contributed by atoms with Gasteiger partial charge in [-0.1, -0.05) is 12.1 Å². The van der Waals surface area contributed by atoms with Crippen LogP contribution in [0, 0.1) is 5.92 Å². The fraction of sp³-hybridized carbons (Fsp3) is 0.385. The molecule has 0 saturated carbocycles. The number of carboxylic acid groups (broad SMARTS) is 1. The molecule has 1 aromatic rings. The Morgan fingerprint density at radius 2 is 2.00 bits per heavy atom. The molecular weight excluding hydrogens is 250 g/mol. The largest absolute Gasteiger partial charge is 0.493 e. The number of para-hydroxylation sites is 2. The van der Waals surface area contributed by atoms with Gasteiger partial charge in [-0.2, -0.15) is 0 Å². The normalized spacial score (nSPS) is 18.2. The minimum atomic E-state index is -0.882. The molecule has 1 atom stereocenters. The van der Waals surface area contributed by atoms with Crippen LogP contribution in [0.5, 0.6) is 11.5 Å². The first-order valence-electron chi connectivity index (χ1n) is 5.94. The Balaban J connectivity index is 2.00. The van der Waals surface area contributed by atoms with Crippen LogP contribution >= 0.6 is 0 Å². The van der Waals surface area contributed by atoms with Crippen LogP contribution < -0.4 is 9.47 Å². The van der Waals surface area contributed by atoms with Crippen LogP contribution in [0.2, 0.25) is 0 Å². The lowest BCUT2D eigenvalue weighted by atomic mass is 10.1. The highest BCUT2D eigenvalue weighted by Gasteiger charge is 2.32. The molecule has 1 saturated heterocycles. The maximum absolute atomic E-state index is 11.9. The number of nitrogens with zero attached hydrogens (tertiary/aromatic N) is 1. The number of carbonyl (C=O) groups excluding carboxylic acids is 1. The molecule has 1 heterocycles. The lowest BCUT2D eigenvalue weighted by molar-refractivity contribution is -0.141. The number of aliphatic carboxylic acids is 1. The van der Waals surface area contributed by atoms with E-state index in [1.807, 2.05) is 0 Å². The minimum absolute atomic E-state index is 0.184. The number of rotatable bonds is 3. The van der Waals surface area contributed by atoms with Gasteiger partial charge in [0.25, 0.3) is 0 Å². The molecule has 0 bridgehead atoms. The summed E-state index contributed by atoms with van der Waals surface area (Å²) in [5, 5.41) is 8.89. The van der Waals surface area contributed by atoms with Gasteiger partial charge in [-0.15, -0.1) is 0 Å². The van der Waals surface area contributed by atoms with Crippen molar-refractivity contribution in [1.82, 2.24) is 4.90 Å². The maximum atomic E-state index is 11.9. The molecule has 1 unspecified atom stereocenters. The van der Waals surface area contributed by atoms with E-state index in [2.05, 4.69) is 0 Å². The zero-order valence-electron chi connectivity index (χ0n) is 10.5. The van der Waals surface area contributed by atoms with Gasteiger partial charge in [-0.05, 0) is 18.6 Å². The number of likely N-dealkylation sites (tertiary alicyclic amines) is 1. The molecule has 1 aliphatic rings. The fourth-order valence-corrected chi connectivity index (χ4v) is 1.99. The minimum Gasteiger partial charge on any atom is -0.493 e. The van der Waals surface area contributed by atoms with Crippen LogP contribution in [0.4, 0.5) is 4.79 Å². The van der Waals surface area contributed by atoms with Crippen molar-refractivity contribution in [2.45, 2.75) is 6.42 Å². The topological polar surface area (TPSA) is 76.1 Å². The Kier molecular flexibility index (Phi) is 3.89.